The highest BCUT2D eigenvalue weighted by atomic mass is 14.4. The van der Waals surface area contributed by atoms with Crippen LogP contribution in [0.25, 0.3) is 0 Å². The van der Waals surface area contributed by atoms with Crippen molar-refractivity contribution in [3.63, 3.8) is 0 Å². The summed E-state index contributed by atoms with van der Waals surface area (Å²) in [4.78, 5) is 0. The molecule has 0 aromatic heterocycles. The van der Waals surface area contributed by atoms with Gasteiger partial charge in [-0.15, -0.1) is 0 Å². The highest BCUT2D eigenvalue weighted by Crippen LogP contribution is 2.16. The molecule has 0 heterocycles. The molecule has 0 spiro atoms. The van der Waals surface area contributed by atoms with Gasteiger partial charge in [-0.3, -0.25) is 0 Å². The van der Waals surface area contributed by atoms with Gasteiger partial charge in [-0.2, -0.15) is 0 Å². The first kappa shape index (κ1) is 11.7. The molecule has 0 radical (unpaired) electrons. The van der Waals surface area contributed by atoms with Crippen molar-refractivity contribution in [1.29, 1.82) is 5.41 Å². The van der Waals surface area contributed by atoms with E-state index >= 15 is 0 Å². The molecule has 1 atom stereocenters. The molecule has 12 heavy (non-hydrogen) atoms. The summed E-state index contributed by atoms with van der Waals surface area (Å²) in [6, 6.07) is 0. The van der Waals surface area contributed by atoms with Crippen molar-refractivity contribution in [1.82, 2.24) is 0 Å². The Kier molecular flexibility index (Phi) is 6.04. The Balaban J connectivity index is 3.85. The molecule has 1 nitrogen and oxygen atoms in total. The van der Waals surface area contributed by atoms with Gasteiger partial charge >= 0.3 is 0 Å². The van der Waals surface area contributed by atoms with E-state index in [4.69, 9.17) is 5.41 Å². The van der Waals surface area contributed by atoms with Crippen LogP contribution >= 0.6 is 0 Å². The highest BCUT2D eigenvalue weighted by Gasteiger charge is 2.12. The molecule has 0 unspecified atom stereocenters. The zero-order chi connectivity index (χ0) is 9.56. The summed E-state index contributed by atoms with van der Waals surface area (Å²) in [7, 11) is 0. The van der Waals surface area contributed by atoms with Gasteiger partial charge in [0.25, 0.3) is 0 Å². The average molecular weight is 169 g/mol. The monoisotopic (exact) mass is 169 g/mol. The first-order chi connectivity index (χ1) is 5.61. The zero-order valence-corrected chi connectivity index (χ0v) is 8.98. The lowest BCUT2D eigenvalue weighted by Gasteiger charge is -2.16. The molecule has 1 heteroatoms. The number of nitrogens with one attached hydrogen (secondary N) is 1. The summed E-state index contributed by atoms with van der Waals surface area (Å²) in [6.45, 7) is 8.76. The van der Waals surface area contributed by atoms with E-state index in [-0.39, 0.29) is 0 Å². The molecule has 72 valence electrons. The van der Waals surface area contributed by atoms with Crippen LogP contribution in [-0.2, 0) is 0 Å². The lowest BCUT2D eigenvalue weighted by Crippen LogP contribution is -2.14. The van der Waals surface area contributed by atoms with Crippen LogP contribution in [-0.4, -0.2) is 5.71 Å². The molecule has 0 bridgehead atoms. The van der Waals surface area contributed by atoms with Gasteiger partial charge in [0, 0.05) is 5.71 Å². The second-order valence-electron chi connectivity index (χ2n) is 4.02. The third-order valence-electron chi connectivity index (χ3n) is 2.25. The van der Waals surface area contributed by atoms with Crippen molar-refractivity contribution in [2.75, 3.05) is 0 Å². The third-order valence-corrected chi connectivity index (χ3v) is 2.25. The Morgan fingerprint density at radius 3 is 2.17 bits per heavy atom. The van der Waals surface area contributed by atoms with Crippen molar-refractivity contribution >= 4 is 5.71 Å². The normalized spacial score (nSPS) is 13.4. The van der Waals surface area contributed by atoms with E-state index in [1.807, 2.05) is 0 Å². The Hall–Kier alpha value is -0.330. The van der Waals surface area contributed by atoms with E-state index in [1.54, 1.807) is 0 Å². The summed E-state index contributed by atoms with van der Waals surface area (Å²) in [5, 5.41) is 7.88. The SMILES string of the molecule is CCC[C@H](CC)C(=N)CC(C)C. The minimum Gasteiger partial charge on any atom is -0.309 e. The molecule has 0 amide bonds. The van der Waals surface area contributed by atoms with Gasteiger partial charge < -0.3 is 5.41 Å². The standard InChI is InChI=1S/C11H23N/c1-5-7-10(6-2)11(12)8-9(3)4/h9-10,12H,5-8H2,1-4H3/t10-/m0/s1. The van der Waals surface area contributed by atoms with Gasteiger partial charge in [0.1, 0.15) is 0 Å². The van der Waals surface area contributed by atoms with E-state index in [0.717, 1.165) is 18.6 Å². The van der Waals surface area contributed by atoms with Crippen LogP contribution < -0.4 is 0 Å². The Bertz CT molecular complexity index is 127. The van der Waals surface area contributed by atoms with Crippen molar-refractivity contribution in [2.24, 2.45) is 11.8 Å². The van der Waals surface area contributed by atoms with Crippen LogP contribution in [0, 0.1) is 17.2 Å². The summed E-state index contributed by atoms with van der Waals surface area (Å²) >= 11 is 0. The molecular formula is C11H23N. The molecular weight excluding hydrogens is 146 g/mol. The fourth-order valence-electron chi connectivity index (χ4n) is 1.58. The fourth-order valence-corrected chi connectivity index (χ4v) is 1.58. The molecule has 1 N–H and O–H groups in total. The average Bonchev–Trinajstić information content (AvgIpc) is 1.98. The Labute approximate surface area is 77.1 Å². The van der Waals surface area contributed by atoms with Crippen molar-refractivity contribution in [2.45, 2.75) is 53.4 Å². The quantitative estimate of drug-likeness (QED) is 0.583. The van der Waals surface area contributed by atoms with Crippen molar-refractivity contribution in [3.8, 4) is 0 Å². The van der Waals surface area contributed by atoms with Gasteiger partial charge in [-0.25, -0.2) is 0 Å². The highest BCUT2D eigenvalue weighted by molar-refractivity contribution is 5.83. The van der Waals surface area contributed by atoms with E-state index in [0.29, 0.717) is 11.8 Å². The van der Waals surface area contributed by atoms with Crippen molar-refractivity contribution < 1.29 is 0 Å². The van der Waals surface area contributed by atoms with Crippen LogP contribution in [0.1, 0.15) is 53.4 Å². The maximum atomic E-state index is 7.88. The van der Waals surface area contributed by atoms with E-state index in [1.165, 1.54) is 12.8 Å². The predicted octanol–water partition coefficient (Wildman–Crippen LogP) is 3.88. The lowest BCUT2D eigenvalue weighted by molar-refractivity contribution is 0.561. The van der Waals surface area contributed by atoms with E-state index in [9.17, 15) is 0 Å². The minimum atomic E-state index is 0.553. The first-order valence-corrected chi connectivity index (χ1v) is 5.19. The summed E-state index contributed by atoms with van der Waals surface area (Å²) in [6.07, 6.45) is 4.53. The van der Waals surface area contributed by atoms with E-state index < -0.39 is 0 Å². The first-order valence-electron chi connectivity index (χ1n) is 5.19. The number of rotatable bonds is 6. The number of hydrogen-bond donors (Lipinski definition) is 1. The van der Waals surface area contributed by atoms with Crippen LogP contribution in [0.3, 0.4) is 0 Å². The molecule has 0 aromatic rings. The number of hydrogen-bond acceptors (Lipinski definition) is 1. The zero-order valence-electron chi connectivity index (χ0n) is 8.98. The van der Waals surface area contributed by atoms with Gasteiger partial charge in [0.2, 0.25) is 0 Å². The maximum absolute atomic E-state index is 7.88. The van der Waals surface area contributed by atoms with E-state index in [2.05, 4.69) is 27.7 Å². The van der Waals surface area contributed by atoms with Crippen LogP contribution in [0.4, 0.5) is 0 Å². The lowest BCUT2D eigenvalue weighted by atomic mass is 9.90. The van der Waals surface area contributed by atoms with Gasteiger partial charge in [0.05, 0.1) is 0 Å². The predicted molar refractivity (Wildman–Crippen MR) is 55.9 cm³/mol. The smallest absolute Gasteiger partial charge is 0.0122 e. The Morgan fingerprint density at radius 1 is 1.25 bits per heavy atom. The fraction of sp³-hybridized carbons (Fsp3) is 0.909. The topological polar surface area (TPSA) is 23.9 Å². The van der Waals surface area contributed by atoms with Gasteiger partial charge in [0.15, 0.2) is 0 Å². The third kappa shape index (κ3) is 4.53. The second-order valence-corrected chi connectivity index (χ2v) is 4.02. The molecule has 0 aliphatic rings. The van der Waals surface area contributed by atoms with Crippen LogP contribution in [0.2, 0.25) is 0 Å². The molecule has 0 rings (SSSR count). The van der Waals surface area contributed by atoms with Gasteiger partial charge in [-0.05, 0) is 31.1 Å². The minimum absolute atomic E-state index is 0.553. The molecule has 0 saturated carbocycles. The Morgan fingerprint density at radius 2 is 1.83 bits per heavy atom. The largest absolute Gasteiger partial charge is 0.309 e. The maximum Gasteiger partial charge on any atom is 0.0122 e. The molecule has 0 aromatic carbocycles. The van der Waals surface area contributed by atoms with Crippen LogP contribution in [0.5, 0.6) is 0 Å². The van der Waals surface area contributed by atoms with Gasteiger partial charge in [-0.1, -0.05) is 34.1 Å². The molecule has 0 saturated heterocycles. The summed E-state index contributed by atoms with van der Waals surface area (Å²) in [5.41, 5.74) is 0.967. The molecule has 0 aliphatic heterocycles. The van der Waals surface area contributed by atoms with Crippen molar-refractivity contribution in [3.05, 3.63) is 0 Å². The second kappa shape index (κ2) is 6.22. The van der Waals surface area contributed by atoms with Crippen LogP contribution in [0.15, 0.2) is 0 Å². The molecule has 0 fully saturated rings. The molecule has 0 aliphatic carbocycles. The summed E-state index contributed by atoms with van der Waals surface area (Å²) < 4.78 is 0. The summed E-state index contributed by atoms with van der Waals surface area (Å²) in [5.74, 6) is 1.20.